The number of carbonyl (C=O) groups is 1. The number of carbonyl (C=O) groups excluding carboxylic acids is 1. The van der Waals surface area contributed by atoms with Gasteiger partial charge in [-0.2, -0.15) is 0 Å². The Balaban J connectivity index is 1.57. The first kappa shape index (κ1) is 17.4. The van der Waals surface area contributed by atoms with Gasteiger partial charge in [0.15, 0.2) is 11.5 Å². The van der Waals surface area contributed by atoms with Crippen molar-refractivity contribution in [2.24, 2.45) is 0 Å². The fourth-order valence-corrected chi connectivity index (χ4v) is 3.17. The number of hydrogen-bond donors (Lipinski definition) is 1. The molecule has 1 aliphatic rings. The minimum atomic E-state index is -0.710. The molecular weight excluding hydrogens is 362 g/mol. The van der Waals surface area contributed by atoms with E-state index in [1.807, 2.05) is 72.8 Å². The lowest BCUT2D eigenvalue weighted by atomic mass is 9.98. The molecule has 4 nitrogen and oxygen atoms in total. The van der Waals surface area contributed by atoms with Crippen LogP contribution in [-0.4, -0.2) is 18.6 Å². The fourth-order valence-electron chi connectivity index (χ4n) is 3.04. The van der Waals surface area contributed by atoms with Gasteiger partial charge < -0.3 is 14.8 Å². The summed E-state index contributed by atoms with van der Waals surface area (Å²) in [5.74, 6) is 0.999. The summed E-state index contributed by atoms with van der Waals surface area (Å²) < 4.78 is 11.5. The van der Waals surface area contributed by atoms with Crippen LogP contribution in [-0.2, 0) is 4.79 Å². The van der Waals surface area contributed by atoms with E-state index in [4.69, 9.17) is 21.1 Å². The minimum absolute atomic E-state index is 0.172. The molecule has 0 aliphatic carbocycles. The van der Waals surface area contributed by atoms with Gasteiger partial charge >= 0.3 is 0 Å². The fraction of sp³-hybridized carbons (Fsp3) is 0.136. The van der Waals surface area contributed by atoms with Crippen molar-refractivity contribution in [2.45, 2.75) is 12.1 Å². The van der Waals surface area contributed by atoms with Crippen molar-refractivity contribution in [2.75, 3.05) is 6.61 Å². The first-order valence-corrected chi connectivity index (χ1v) is 9.08. The maximum atomic E-state index is 12.9. The van der Waals surface area contributed by atoms with Crippen molar-refractivity contribution < 1.29 is 14.3 Å². The van der Waals surface area contributed by atoms with Crippen molar-refractivity contribution in [3.8, 4) is 11.5 Å². The summed E-state index contributed by atoms with van der Waals surface area (Å²) in [5.41, 5.74) is 1.92. The van der Waals surface area contributed by atoms with Crippen LogP contribution in [0.25, 0.3) is 0 Å². The predicted octanol–water partition coefficient (Wildman–Crippen LogP) is 4.39. The third kappa shape index (κ3) is 3.91. The van der Waals surface area contributed by atoms with Crippen LogP contribution in [0.5, 0.6) is 11.5 Å². The van der Waals surface area contributed by atoms with E-state index in [1.165, 1.54) is 0 Å². The molecule has 27 heavy (non-hydrogen) atoms. The molecule has 1 heterocycles. The van der Waals surface area contributed by atoms with Crippen molar-refractivity contribution in [3.05, 3.63) is 95.0 Å². The van der Waals surface area contributed by atoms with Crippen LogP contribution in [0.2, 0.25) is 5.02 Å². The van der Waals surface area contributed by atoms with E-state index in [1.54, 1.807) is 6.07 Å². The van der Waals surface area contributed by atoms with E-state index >= 15 is 0 Å². The molecule has 0 radical (unpaired) electrons. The number of rotatable bonds is 4. The third-order valence-corrected chi connectivity index (χ3v) is 4.68. The Labute approximate surface area is 162 Å². The average molecular weight is 380 g/mol. The highest BCUT2D eigenvalue weighted by atomic mass is 35.5. The van der Waals surface area contributed by atoms with Crippen molar-refractivity contribution in [1.29, 1.82) is 0 Å². The number of benzene rings is 3. The molecule has 0 saturated carbocycles. The predicted molar refractivity (Wildman–Crippen MR) is 104 cm³/mol. The molecule has 4 rings (SSSR count). The number of nitrogens with one attached hydrogen (secondary N) is 1. The number of amides is 1. The molecule has 1 N–H and O–H groups in total. The summed E-state index contributed by atoms with van der Waals surface area (Å²) in [4.78, 5) is 12.9. The van der Waals surface area contributed by atoms with E-state index in [0.29, 0.717) is 16.5 Å². The molecule has 0 fully saturated rings. The van der Waals surface area contributed by atoms with Gasteiger partial charge in [0.2, 0.25) is 6.10 Å². The number of para-hydroxylation sites is 2. The van der Waals surface area contributed by atoms with Crippen LogP contribution in [0.15, 0.2) is 78.9 Å². The molecule has 0 spiro atoms. The number of ether oxygens (including phenoxy) is 2. The van der Waals surface area contributed by atoms with Crippen LogP contribution in [0.4, 0.5) is 0 Å². The van der Waals surface area contributed by atoms with Gasteiger partial charge in [-0.15, -0.1) is 0 Å². The lowest BCUT2D eigenvalue weighted by Gasteiger charge is -2.28. The number of hydrogen-bond acceptors (Lipinski definition) is 3. The zero-order valence-corrected chi connectivity index (χ0v) is 15.2. The highest BCUT2D eigenvalue weighted by molar-refractivity contribution is 6.30. The van der Waals surface area contributed by atoms with Gasteiger partial charge in [-0.1, -0.05) is 66.2 Å². The SMILES string of the molecule is O=C(N[C@H](c1ccccc1)c1ccc(Cl)cc1)[C@@H]1COc2ccccc2O1. The molecule has 0 unspecified atom stereocenters. The molecule has 3 aromatic rings. The van der Waals surface area contributed by atoms with Gasteiger partial charge in [-0.25, -0.2) is 0 Å². The zero-order chi connectivity index (χ0) is 18.6. The van der Waals surface area contributed by atoms with Gasteiger partial charge in [-0.05, 0) is 35.4 Å². The van der Waals surface area contributed by atoms with E-state index in [9.17, 15) is 4.79 Å². The summed E-state index contributed by atoms with van der Waals surface area (Å²) in [6.45, 7) is 0.172. The largest absolute Gasteiger partial charge is 0.485 e. The van der Waals surface area contributed by atoms with Crippen LogP contribution in [0.1, 0.15) is 17.2 Å². The van der Waals surface area contributed by atoms with Crippen LogP contribution >= 0.6 is 11.6 Å². The Morgan fingerprint density at radius 2 is 1.52 bits per heavy atom. The van der Waals surface area contributed by atoms with Crippen molar-refractivity contribution in [1.82, 2.24) is 5.32 Å². The second kappa shape index (κ2) is 7.72. The normalized spacial score (nSPS) is 16.4. The monoisotopic (exact) mass is 379 g/mol. The standard InChI is InChI=1S/C22H18ClNO3/c23-17-12-10-16(11-13-17)21(15-6-2-1-3-7-15)24-22(25)20-14-26-18-8-4-5-9-19(18)27-20/h1-13,20-21H,14H2,(H,24,25)/t20-,21+/m0/s1. The molecule has 0 saturated heterocycles. The van der Waals surface area contributed by atoms with Crippen LogP contribution in [0.3, 0.4) is 0 Å². The van der Waals surface area contributed by atoms with E-state index in [-0.39, 0.29) is 18.6 Å². The van der Waals surface area contributed by atoms with Gasteiger partial charge in [0.25, 0.3) is 5.91 Å². The van der Waals surface area contributed by atoms with E-state index in [2.05, 4.69) is 5.32 Å². The highest BCUT2D eigenvalue weighted by Gasteiger charge is 2.29. The topological polar surface area (TPSA) is 47.6 Å². The van der Waals surface area contributed by atoms with Gasteiger partial charge in [0.05, 0.1) is 6.04 Å². The third-order valence-electron chi connectivity index (χ3n) is 4.42. The summed E-state index contributed by atoms with van der Waals surface area (Å²) in [6, 6.07) is 24.3. The zero-order valence-electron chi connectivity index (χ0n) is 14.5. The first-order chi connectivity index (χ1) is 13.2. The second-order valence-electron chi connectivity index (χ2n) is 6.27. The smallest absolute Gasteiger partial charge is 0.265 e. The molecule has 0 bridgehead atoms. The van der Waals surface area contributed by atoms with Gasteiger partial charge in [-0.3, -0.25) is 4.79 Å². The molecular formula is C22H18ClNO3. The quantitative estimate of drug-likeness (QED) is 0.731. The minimum Gasteiger partial charge on any atom is -0.485 e. The van der Waals surface area contributed by atoms with Crippen LogP contribution < -0.4 is 14.8 Å². The second-order valence-corrected chi connectivity index (χ2v) is 6.70. The first-order valence-electron chi connectivity index (χ1n) is 8.70. The maximum Gasteiger partial charge on any atom is 0.265 e. The highest BCUT2D eigenvalue weighted by Crippen LogP contribution is 2.31. The summed E-state index contributed by atoms with van der Waals surface area (Å²) in [7, 11) is 0. The summed E-state index contributed by atoms with van der Waals surface area (Å²) >= 11 is 6.01. The summed E-state index contributed by atoms with van der Waals surface area (Å²) in [6.07, 6.45) is -0.710. The number of fused-ring (bicyclic) bond motifs is 1. The molecule has 0 aromatic heterocycles. The Hall–Kier alpha value is -2.98. The van der Waals surface area contributed by atoms with Crippen LogP contribution in [0, 0.1) is 0 Å². The van der Waals surface area contributed by atoms with Gasteiger partial charge in [0, 0.05) is 5.02 Å². The molecule has 1 aliphatic heterocycles. The Morgan fingerprint density at radius 1 is 0.889 bits per heavy atom. The molecule has 5 heteroatoms. The lowest BCUT2D eigenvalue weighted by Crippen LogP contribution is -2.45. The average Bonchev–Trinajstić information content (AvgIpc) is 2.73. The number of halogens is 1. The van der Waals surface area contributed by atoms with Gasteiger partial charge in [0.1, 0.15) is 6.61 Å². The van der Waals surface area contributed by atoms with E-state index < -0.39 is 6.10 Å². The maximum absolute atomic E-state index is 12.9. The molecule has 1 amide bonds. The molecule has 136 valence electrons. The van der Waals surface area contributed by atoms with E-state index in [0.717, 1.165) is 11.1 Å². The summed E-state index contributed by atoms with van der Waals surface area (Å²) in [5, 5.41) is 3.73. The Bertz CT molecular complexity index is 928. The molecule has 2 atom stereocenters. The Kier molecular flexibility index (Phi) is 4.99. The Morgan fingerprint density at radius 3 is 2.26 bits per heavy atom. The van der Waals surface area contributed by atoms with Crippen molar-refractivity contribution in [3.63, 3.8) is 0 Å². The lowest BCUT2D eigenvalue weighted by molar-refractivity contribution is -0.130. The molecule has 3 aromatic carbocycles. The van der Waals surface area contributed by atoms with Crippen molar-refractivity contribution >= 4 is 17.5 Å².